The Morgan fingerprint density at radius 1 is 1.26 bits per heavy atom. The summed E-state index contributed by atoms with van der Waals surface area (Å²) in [5.74, 6) is 0. The van der Waals surface area contributed by atoms with Crippen LogP contribution in [-0.4, -0.2) is 24.2 Å². The van der Waals surface area contributed by atoms with E-state index in [1.54, 1.807) is 30.3 Å². The molecule has 0 fully saturated rings. The van der Waals surface area contributed by atoms with E-state index in [2.05, 4.69) is 9.17 Å². The van der Waals surface area contributed by atoms with Crippen LogP contribution in [-0.2, 0) is 10.1 Å². The number of aromatic nitrogens is 2. The van der Waals surface area contributed by atoms with Crippen molar-refractivity contribution in [2.45, 2.75) is 6.43 Å². The monoisotopic (exact) mass is 288 g/mol. The molecule has 0 atom stereocenters. The lowest BCUT2D eigenvalue weighted by atomic mass is 10.3. The number of nitrogens with zero attached hydrogens (tertiary/aromatic N) is 2. The van der Waals surface area contributed by atoms with Crippen molar-refractivity contribution in [3.63, 3.8) is 0 Å². The quantitative estimate of drug-likeness (QED) is 0.809. The fourth-order valence-electron chi connectivity index (χ4n) is 1.45. The molecule has 2 aromatic rings. The van der Waals surface area contributed by atoms with Crippen molar-refractivity contribution < 1.29 is 21.4 Å². The normalized spacial score (nSPS) is 11.8. The minimum absolute atomic E-state index is 0.413. The van der Waals surface area contributed by atoms with Crippen molar-refractivity contribution in [3.05, 3.63) is 42.2 Å². The summed E-state index contributed by atoms with van der Waals surface area (Å²) in [7, 11) is -3.85. The minimum atomic E-state index is -3.85. The Kier molecular flexibility index (Phi) is 3.52. The zero-order valence-electron chi connectivity index (χ0n) is 9.82. The van der Waals surface area contributed by atoms with Gasteiger partial charge < -0.3 is 4.18 Å². The van der Waals surface area contributed by atoms with E-state index in [0.717, 1.165) is 17.0 Å². The molecule has 0 spiro atoms. The van der Waals surface area contributed by atoms with Crippen LogP contribution in [0.1, 0.15) is 12.1 Å². The highest BCUT2D eigenvalue weighted by Gasteiger charge is 2.20. The molecule has 2 rings (SSSR count). The Morgan fingerprint density at radius 3 is 2.42 bits per heavy atom. The molecule has 102 valence electrons. The summed E-state index contributed by atoms with van der Waals surface area (Å²) in [4.78, 5) is 3.48. The third kappa shape index (κ3) is 3.28. The maximum atomic E-state index is 12.6. The number of hydrogen-bond acceptors (Lipinski definition) is 4. The van der Waals surface area contributed by atoms with Crippen molar-refractivity contribution in [2.75, 3.05) is 6.26 Å². The van der Waals surface area contributed by atoms with Crippen molar-refractivity contribution >= 4 is 10.1 Å². The van der Waals surface area contributed by atoms with Crippen LogP contribution < -0.4 is 4.18 Å². The van der Waals surface area contributed by atoms with Gasteiger partial charge in [0.15, 0.2) is 0 Å². The molecular weight excluding hydrogens is 278 g/mol. The predicted molar refractivity (Wildman–Crippen MR) is 64.0 cm³/mol. The zero-order valence-corrected chi connectivity index (χ0v) is 10.6. The maximum Gasteiger partial charge on any atom is 0.318 e. The van der Waals surface area contributed by atoms with Crippen LogP contribution >= 0.6 is 0 Å². The lowest BCUT2D eigenvalue weighted by Crippen LogP contribution is -2.09. The molecule has 0 unspecified atom stereocenters. The summed E-state index contributed by atoms with van der Waals surface area (Å²) in [5, 5.41) is 0. The van der Waals surface area contributed by atoms with Gasteiger partial charge in [-0.2, -0.15) is 13.4 Å². The number of alkyl halides is 2. The van der Waals surface area contributed by atoms with E-state index < -0.39 is 28.2 Å². The Morgan fingerprint density at radius 2 is 1.89 bits per heavy atom. The predicted octanol–water partition coefficient (Wildman–Crippen LogP) is 2.15. The van der Waals surface area contributed by atoms with Crippen molar-refractivity contribution in [2.24, 2.45) is 0 Å². The molecule has 0 aliphatic heterocycles. The Bertz CT molecular complexity index is 669. The molecule has 0 aliphatic rings. The van der Waals surface area contributed by atoms with Gasteiger partial charge in [0.25, 0.3) is 6.43 Å². The average Bonchev–Trinajstić information content (AvgIpc) is 2.72. The van der Waals surface area contributed by atoms with Gasteiger partial charge in [-0.15, -0.1) is 0 Å². The van der Waals surface area contributed by atoms with Crippen LogP contribution in [0.25, 0.3) is 5.69 Å². The molecule has 5 nitrogen and oxygen atoms in total. The van der Waals surface area contributed by atoms with Gasteiger partial charge >= 0.3 is 16.1 Å². The smallest absolute Gasteiger partial charge is 0.318 e. The first-order valence-corrected chi connectivity index (χ1v) is 7.01. The fraction of sp³-hybridized carbons (Fsp3) is 0.182. The summed E-state index contributed by atoms with van der Waals surface area (Å²) in [6.45, 7) is 0. The van der Waals surface area contributed by atoms with Crippen molar-refractivity contribution in [1.82, 2.24) is 9.55 Å². The summed E-state index contributed by atoms with van der Waals surface area (Å²) in [6.07, 6.45) is -0.952. The van der Waals surface area contributed by atoms with Gasteiger partial charge in [-0.25, -0.2) is 8.78 Å². The number of rotatable bonds is 4. The Balaban J connectivity index is 2.52. The number of hydrogen-bond donors (Lipinski definition) is 0. The molecule has 8 heteroatoms. The minimum Gasteiger partial charge on any atom is -0.345 e. The number of imidazole rings is 1. The van der Waals surface area contributed by atoms with E-state index >= 15 is 0 Å². The highest BCUT2D eigenvalue weighted by atomic mass is 32.2. The second-order valence-corrected chi connectivity index (χ2v) is 5.32. The molecule has 0 amide bonds. The zero-order chi connectivity index (χ0) is 14.0. The van der Waals surface area contributed by atoms with Crippen molar-refractivity contribution in [3.8, 4) is 11.7 Å². The molecule has 0 radical (unpaired) electrons. The first-order valence-electron chi connectivity index (χ1n) is 5.19. The van der Waals surface area contributed by atoms with E-state index in [0.29, 0.717) is 5.69 Å². The molecule has 1 aromatic carbocycles. The molecular formula is C11H10F2N2O3S. The highest BCUT2D eigenvalue weighted by molar-refractivity contribution is 7.86. The first kappa shape index (κ1) is 13.5. The van der Waals surface area contributed by atoms with E-state index in [-0.39, 0.29) is 0 Å². The Hall–Kier alpha value is -1.96. The molecule has 0 saturated heterocycles. The van der Waals surface area contributed by atoms with Gasteiger partial charge in [-0.1, -0.05) is 18.2 Å². The van der Waals surface area contributed by atoms with E-state index in [1.165, 1.54) is 0 Å². The van der Waals surface area contributed by atoms with Crippen LogP contribution in [0.5, 0.6) is 6.01 Å². The maximum absolute atomic E-state index is 12.6. The average molecular weight is 288 g/mol. The lowest BCUT2D eigenvalue weighted by molar-refractivity contribution is 0.146. The molecule has 0 saturated carbocycles. The standard InChI is InChI=1S/C11H10F2N2O3S/c1-19(16,17)18-11-14-9(10(12)13)7-15(11)8-5-3-2-4-6-8/h2-7,10H,1H3. The number of halogens is 2. The lowest BCUT2D eigenvalue weighted by Gasteiger charge is -2.06. The number of para-hydroxylation sites is 1. The second kappa shape index (κ2) is 4.96. The topological polar surface area (TPSA) is 61.2 Å². The van der Waals surface area contributed by atoms with Gasteiger partial charge in [0, 0.05) is 6.20 Å². The molecule has 0 bridgehead atoms. The SMILES string of the molecule is CS(=O)(=O)Oc1nc(C(F)F)cn1-c1ccccc1. The summed E-state index contributed by atoms with van der Waals surface area (Å²) in [5.41, 5.74) is -0.0805. The van der Waals surface area contributed by atoms with E-state index in [1.807, 2.05) is 0 Å². The molecule has 0 aliphatic carbocycles. The largest absolute Gasteiger partial charge is 0.345 e. The van der Waals surface area contributed by atoms with Crippen molar-refractivity contribution in [1.29, 1.82) is 0 Å². The summed E-state index contributed by atoms with van der Waals surface area (Å²) < 4.78 is 53.2. The Labute approximate surface area is 108 Å². The number of benzene rings is 1. The highest BCUT2D eigenvalue weighted by Crippen LogP contribution is 2.25. The van der Waals surface area contributed by atoms with Gasteiger partial charge in [-0.05, 0) is 12.1 Å². The third-order valence-electron chi connectivity index (χ3n) is 2.18. The van der Waals surface area contributed by atoms with Crippen LogP contribution in [0.4, 0.5) is 8.78 Å². The first-order chi connectivity index (χ1) is 8.87. The van der Waals surface area contributed by atoms with Crippen LogP contribution in [0.2, 0.25) is 0 Å². The molecule has 0 N–H and O–H groups in total. The molecule has 1 aromatic heterocycles. The van der Waals surface area contributed by atoms with Gasteiger partial charge in [0.05, 0.1) is 11.9 Å². The van der Waals surface area contributed by atoms with E-state index in [4.69, 9.17) is 0 Å². The van der Waals surface area contributed by atoms with Gasteiger partial charge in [0.2, 0.25) is 0 Å². The fourth-order valence-corrected chi connectivity index (χ4v) is 1.84. The molecule has 1 heterocycles. The van der Waals surface area contributed by atoms with Gasteiger partial charge in [0.1, 0.15) is 5.69 Å². The van der Waals surface area contributed by atoms with Crippen LogP contribution in [0, 0.1) is 0 Å². The third-order valence-corrected chi connectivity index (χ3v) is 2.63. The van der Waals surface area contributed by atoms with Crippen LogP contribution in [0.3, 0.4) is 0 Å². The summed E-state index contributed by atoms with van der Waals surface area (Å²) in [6, 6.07) is 7.93. The second-order valence-electron chi connectivity index (χ2n) is 3.74. The van der Waals surface area contributed by atoms with Crippen LogP contribution in [0.15, 0.2) is 36.5 Å². The molecule has 19 heavy (non-hydrogen) atoms. The van der Waals surface area contributed by atoms with E-state index in [9.17, 15) is 17.2 Å². The summed E-state index contributed by atoms with van der Waals surface area (Å²) >= 11 is 0. The van der Waals surface area contributed by atoms with Gasteiger partial charge in [-0.3, -0.25) is 4.57 Å².